The van der Waals surface area contributed by atoms with Gasteiger partial charge in [0.1, 0.15) is 11.5 Å². The van der Waals surface area contributed by atoms with E-state index in [0.29, 0.717) is 53.5 Å². The second kappa shape index (κ2) is 12.2. The summed E-state index contributed by atoms with van der Waals surface area (Å²) in [4.78, 5) is 31.2. The number of hydrogen-bond acceptors (Lipinski definition) is 10. The zero-order chi connectivity index (χ0) is 30.7. The maximum Gasteiger partial charge on any atom is 0.263 e. The molecule has 6 rings (SSSR count). The van der Waals surface area contributed by atoms with Gasteiger partial charge in [0.15, 0.2) is 11.6 Å². The zero-order valence-electron chi connectivity index (χ0n) is 23.9. The van der Waals surface area contributed by atoms with Gasteiger partial charge in [-0.05, 0) is 30.3 Å². The third-order valence-corrected chi connectivity index (χ3v) is 8.44. The van der Waals surface area contributed by atoms with Crippen LogP contribution in [0.3, 0.4) is 0 Å². The molecule has 13 nitrogen and oxygen atoms in total. The van der Waals surface area contributed by atoms with Crippen molar-refractivity contribution in [2.75, 3.05) is 42.7 Å². The molecule has 14 heteroatoms. The van der Waals surface area contributed by atoms with Gasteiger partial charge in [0, 0.05) is 61.1 Å². The van der Waals surface area contributed by atoms with Crippen LogP contribution in [0.15, 0.2) is 84.1 Å². The molecule has 0 saturated carbocycles. The van der Waals surface area contributed by atoms with E-state index < -0.39 is 10.0 Å². The molecular formula is C30H30N8O5S. The molecule has 1 amide bonds. The first-order chi connectivity index (χ1) is 21.3. The van der Waals surface area contributed by atoms with Gasteiger partial charge < -0.3 is 25.1 Å². The molecule has 0 bridgehead atoms. The zero-order valence-corrected chi connectivity index (χ0v) is 24.8. The van der Waals surface area contributed by atoms with Gasteiger partial charge in [0.2, 0.25) is 5.91 Å². The molecule has 1 fully saturated rings. The highest BCUT2D eigenvalue weighted by molar-refractivity contribution is 7.92. The van der Waals surface area contributed by atoms with Gasteiger partial charge in [-0.15, -0.1) is 0 Å². The summed E-state index contributed by atoms with van der Waals surface area (Å²) in [6.45, 7) is 1.88. The number of anilines is 4. The summed E-state index contributed by atoms with van der Waals surface area (Å²) >= 11 is 0. The minimum Gasteiger partial charge on any atom is -0.497 e. The van der Waals surface area contributed by atoms with Crippen LogP contribution in [0.5, 0.6) is 11.5 Å². The van der Waals surface area contributed by atoms with Gasteiger partial charge in [0.25, 0.3) is 10.0 Å². The number of rotatable bonds is 11. The van der Waals surface area contributed by atoms with Crippen molar-refractivity contribution in [1.29, 1.82) is 0 Å². The summed E-state index contributed by atoms with van der Waals surface area (Å²) in [6.07, 6.45) is 3.38. The molecule has 4 N–H and O–H groups in total. The van der Waals surface area contributed by atoms with Gasteiger partial charge in [-0.2, -0.15) is 0 Å². The predicted octanol–water partition coefficient (Wildman–Crippen LogP) is 3.99. The number of nitrogens with zero attached hydrogens (tertiary/aromatic N) is 4. The summed E-state index contributed by atoms with van der Waals surface area (Å²) in [5.74, 6) is 0.869. The van der Waals surface area contributed by atoms with Crippen LogP contribution >= 0.6 is 0 Å². The van der Waals surface area contributed by atoms with Crippen molar-refractivity contribution >= 4 is 50.0 Å². The Bertz CT molecular complexity index is 1890. The van der Waals surface area contributed by atoms with Crippen molar-refractivity contribution in [2.24, 2.45) is 5.92 Å². The first kappa shape index (κ1) is 28.9. The lowest BCUT2D eigenvalue weighted by molar-refractivity contribution is -0.125. The Morgan fingerprint density at radius 2 is 1.64 bits per heavy atom. The van der Waals surface area contributed by atoms with E-state index in [1.807, 2.05) is 6.07 Å². The highest BCUT2D eigenvalue weighted by Crippen LogP contribution is 2.32. The minimum atomic E-state index is -4.14. The average Bonchev–Trinajstić information content (AvgIpc) is 3.52. The predicted molar refractivity (Wildman–Crippen MR) is 166 cm³/mol. The molecule has 44 heavy (non-hydrogen) atoms. The van der Waals surface area contributed by atoms with E-state index in [9.17, 15) is 13.2 Å². The maximum absolute atomic E-state index is 13.6. The van der Waals surface area contributed by atoms with Crippen molar-refractivity contribution in [1.82, 2.24) is 24.8 Å². The van der Waals surface area contributed by atoms with E-state index in [4.69, 9.17) is 9.47 Å². The number of fused-ring (bicyclic) bond motifs is 1. The molecule has 2 aromatic heterocycles. The quantitative estimate of drug-likeness (QED) is 0.171. The number of aromatic amines is 1. The normalized spacial score (nSPS) is 13.7. The molecule has 0 radical (unpaired) electrons. The minimum absolute atomic E-state index is 0.00764. The van der Waals surface area contributed by atoms with Crippen molar-refractivity contribution < 1.29 is 22.7 Å². The molecule has 0 atom stereocenters. The SMILES string of the molecule is COc1cc(Nc2nc3ccccc3nc2NS(=O)(=O)c2cccc(NC(=O)C3CN(Cc4cnc[nH]4)C3)c2)cc(OC)c1. The summed E-state index contributed by atoms with van der Waals surface area (Å²) in [6, 6.07) is 18.4. The second-order valence-electron chi connectivity index (χ2n) is 10.2. The molecule has 226 valence electrons. The van der Waals surface area contributed by atoms with Gasteiger partial charge in [-0.25, -0.2) is 23.4 Å². The largest absolute Gasteiger partial charge is 0.497 e. The molecule has 0 spiro atoms. The number of benzene rings is 3. The topological polar surface area (TPSA) is 163 Å². The molecule has 3 aromatic carbocycles. The molecule has 1 aliphatic heterocycles. The van der Waals surface area contributed by atoms with Crippen molar-refractivity contribution in [2.45, 2.75) is 11.4 Å². The number of aromatic nitrogens is 4. The third-order valence-electron chi connectivity index (χ3n) is 7.10. The Morgan fingerprint density at radius 3 is 2.30 bits per heavy atom. The number of imidazole rings is 1. The van der Waals surface area contributed by atoms with Gasteiger partial charge in [-0.1, -0.05) is 18.2 Å². The number of carbonyl (C=O) groups excluding carboxylic acids is 1. The fourth-order valence-corrected chi connectivity index (χ4v) is 5.88. The number of carbonyl (C=O) groups is 1. The van der Waals surface area contributed by atoms with Crippen LogP contribution in [0.1, 0.15) is 5.69 Å². The van der Waals surface area contributed by atoms with E-state index >= 15 is 0 Å². The van der Waals surface area contributed by atoms with Crippen molar-refractivity contribution in [3.05, 3.63) is 84.9 Å². The van der Waals surface area contributed by atoms with E-state index in [-0.39, 0.29) is 28.4 Å². The van der Waals surface area contributed by atoms with Gasteiger partial charge in [-0.3, -0.25) is 14.4 Å². The second-order valence-corrected chi connectivity index (χ2v) is 11.9. The van der Waals surface area contributed by atoms with E-state index in [1.165, 1.54) is 26.4 Å². The Hall–Kier alpha value is -5.21. The fraction of sp³-hybridized carbons (Fsp3) is 0.200. The Morgan fingerprint density at radius 1 is 0.932 bits per heavy atom. The number of amides is 1. The molecule has 0 unspecified atom stereocenters. The summed E-state index contributed by atoms with van der Waals surface area (Å²) < 4.78 is 40.5. The van der Waals surface area contributed by atoms with Crippen LogP contribution in [0.25, 0.3) is 11.0 Å². The van der Waals surface area contributed by atoms with Crippen LogP contribution in [0.2, 0.25) is 0 Å². The molecule has 3 heterocycles. The third kappa shape index (κ3) is 6.40. The summed E-state index contributed by atoms with van der Waals surface area (Å²) in [7, 11) is -1.07. The number of sulfonamides is 1. The van der Waals surface area contributed by atoms with Crippen molar-refractivity contribution in [3.8, 4) is 11.5 Å². The lowest BCUT2D eigenvalue weighted by Gasteiger charge is -2.37. The number of hydrogen-bond donors (Lipinski definition) is 4. The first-order valence-corrected chi connectivity index (χ1v) is 15.2. The first-order valence-electron chi connectivity index (χ1n) is 13.7. The van der Waals surface area contributed by atoms with Crippen LogP contribution in [-0.2, 0) is 21.4 Å². The Kier molecular flexibility index (Phi) is 8.00. The lowest BCUT2D eigenvalue weighted by atomic mass is 9.99. The van der Waals surface area contributed by atoms with Gasteiger partial charge >= 0.3 is 0 Å². The highest BCUT2D eigenvalue weighted by Gasteiger charge is 2.33. The molecular weight excluding hydrogens is 584 g/mol. The molecule has 5 aromatic rings. The van der Waals surface area contributed by atoms with Crippen molar-refractivity contribution in [3.63, 3.8) is 0 Å². The van der Waals surface area contributed by atoms with E-state index in [0.717, 1.165) is 5.69 Å². The monoisotopic (exact) mass is 614 g/mol. The number of para-hydroxylation sites is 2. The number of H-pyrrole nitrogens is 1. The Balaban J connectivity index is 1.21. The smallest absolute Gasteiger partial charge is 0.263 e. The van der Waals surface area contributed by atoms with Crippen LogP contribution in [-0.4, -0.2) is 66.5 Å². The van der Waals surface area contributed by atoms with Crippen LogP contribution in [0.4, 0.5) is 23.0 Å². The average molecular weight is 615 g/mol. The van der Waals surface area contributed by atoms with Crippen LogP contribution in [0, 0.1) is 5.92 Å². The lowest BCUT2D eigenvalue weighted by Crippen LogP contribution is -2.51. The van der Waals surface area contributed by atoms with Gasteiger partial charge in [0.05, 0.1) is 42.4 Å². The van der Waals surface area contributed by atoms with E-state index in [2.05, 4.69) is 40.2 Å². The highest BCUT2D eigenvalue weighted by atomic mass is 32.2. The van der Waals surface area contributed by atoms with E-state index in [1.54, 1.807) is 61.1 Å². The molecule has 1 saturated heterocycles. The molecule has 0 aliphatic carbocycles. The number of likely N-dealkylation sites (tertiary alicyclic amines) is 1. The number of methoxy groups -OCH3 is 2. The maximum atomic E-state index is 13.6. The standard InChI is InChI=1S/C30H30N8O5S/c1-42-23-10-21(11-24(13-23)43-2)33-28-29(36-27-9-4-3-8-26(27)35-28)37-44(40,41)25-7-5-6-20(12-25)34-30(39)19-15-38(16-19)17-22-14-31-18-32-22/h3-14,18-19H,15-17H2,1-2H3,(H,31,32)(H,33,35)(H,34,39)(H,36,37). The summed E-state index contributed by atoms with van der Waals surface area (Å²) in [5, 5.41) is 5.99. The number of nitrogens with one attached hydrogen (secondary N) is 4. The molecule has 1 aliphatic rings. The fourth-order valence-electron chi connectivity index (χ4n) is 4.82. The number of ether oxygens (including phenoxy) is 2. The summed E-state index contributed by atoms with van der Waals surface area (Å²) in [5.41, 5.74) is 2.97. The van der Waals surface area contributed by atoms with Crippen LogP contribution < -0.4 is 24.8 Å². The Labute approximate surface area is 253 Å².